The van der Waals surface area contributed by atoms with Gasteiger partial charge in [0.2, 0.25) is 0 Å². The molecule has 1 unspecified atom stereocenters. The third-order valence-electron chi connectivity index (χ3n) is 2.60. The fourth-order valence-electron chi connectivity index (χ4n) is 1.72. The van der Waals surface area contributed by atoms with Crippen molar-refractivity contribution >= 4 is 17.4 Å². The highest BCUT2D eigenvalue weighted by Crippen LogP contribution is 2.17. The summed E-state index contributed by atoms with van der Waals surface area (Å²) < 4.78 is 5.63. The number of morpholine rings is 1. The van der Waals surface area contributed by atoms with Gasteiger partial charge in [0, 0.05) is 25.8 Å². The quantitative estimate of drug-likeness (QED) is 0.870. The molecule has 1 saturated heterocycles. The number of anilines is 1. The van der Waals surface area contributed by atoms with Gasteiger partial charge in [-0.05, 0) is 19.2 Å². The van der Waals surface area contributed by atoms with Crippen molar-refractivity contribution in [3.63, 3.8) is 0 Å². The Morgan fingerprint density at radius 2 is 2.56 bits per heavy atom. The molecule has 2 heterocycles. The van der Waals surface area contributed by atoms with Gasteiger partial charge < -0.3 is 15.0 Å². The molecule has 1 N–H and O–H groups in total. The molecule has 0 aromatic carbocycles. The molecule has 0 radical (unpaired) electrons. The maximum Gasteiger partial charge on any atom is 0.144 e. The number of halogens is 1. The minimum absolute atomic E-state index is 0.205. The van der Waals surface area contributed by atoms with Gasteiger partial charge in [-0.3, -0.25) is 0 Å². The van der Waals surface area contributed by atoms with Crippen LogP contribution in [0, 0.1) is 0 Å². The molecule has 1 fully saturated rings. The van der Waals surface area contributed by atoms with Crippen LogP contribution in [0.3, 0.4) is 0 Å². The third kappa shape index (κ3) is 3.07. The molecule has 1 aromatic rings. The number of pyridine rings is 1. The monoisotopic (exact) mass is 241 g/mol. The lowest BCUT2D eigenvalue weighted by atomic mass is 10.3. The average molecular weight is 242 g/mol. The maximum absolute atomic E-state index is 5.99. The molecule has 4 nitrogen and oxygen atoms in total. The first-order chi connectivity index (χ1) is 7.75. The van der Waals surface area contributed by atoms with E-state index in [2.05, 4.69) is 22.2 Å². The Morgan fingerprint density at radius 3 is 3.31 bits per heavy atom. The Balaban J connectivity index is 1.85. The number of ether oxygens (including phenoxy) is 1. The Labute approximate surface area is 101 Å². The SMILES string of the molecule is CN1CCOC(CNc2ncccc2Cl)C1. The predicted molar refractivity (Wildman–Crippen MR) is 65.0 cm³/mol. The normalized spacial score (nSPS) is 22.0. The zero-order valence-electron chi connectivity index (χ0n) is 9.32. The van der Waals surface area contributed by atoms with Gasteiger partial charge in [0.25, 0.3) is 0 Å². The van der Waals surface area contributed by atoms with E-state index in [1.165, 1.54) is 0 Å². The molecule has 5 heteroatoms. The van der Waals surface area contributed by atoms with E-state index >= 15 is 0 Å². The smallest absolute Gasteiger partial charge is 0.144 e. The minimum Gasteiger partial charge on any atom is -0.374 e. The van der Waals surface area contributed by atoms with E-state index in [0.29, 0.717) is 5.02 Å². The average Bonchev–Trinajstić information content (AvgIpc) is 2.28. The lowest BCUT2D eigenvalue weighted by molar-refractivity contribution is -0.0117. The molecule has 16 heavy (non-hydrogen) atoms. The molecule has 1 atom stereocenters. The molecule has 0 saturated carbocycles. The fourth-order valence-corrected chi connectivity index (χ4v) is 1.90. The number of hydrogen-bond acceptors (Lipinski definition) is 4. The summed E-state index contributed by atoms with van der Waals surface area (Å²) in [5.41, 5.74) is 0. The van der Waals surface area contributed by atoms with Gasteiger partial charge in [-0.15, -0.1) is 0 Å². The van der Waals surface area contributed by atoms with Gasteiger partial charge in [-0.2, -0.15) is 0 Å². The zero-order valence-corrected chi connectivity index (χ0v) is 10.1. The number of nitrogens with zero attached hydrogens (tertiary/aromatic N) is 2. The summed E-state index contributed by atoms with van der Waals surface area (Å²) in [6.07, 6.45) is 1.93. The highest BCUT2D eigenvalue weighted by atomic mass is 35.5. The van der Waals surface area contributed by atoms with Crippen LogP contribution >= 0.6 is 11.6 Å². The number of likely N-dealkylation sites (N-methyl/N-ethyl adjacent to an activating group) is 1. The van der Waals surface area contributed by atoms with E-state index in [4.69, 9.17) is 16.3 Å². The molecule has 1 aromatic heterocycles. The van der Waals surface area contributed by atoms with Gasteiger partial charge in [0.1, 0.15) is 5.82 Å². The van der Waals surface area contributed by atoms with Crippen molar-refractivity contribution in [1.29, 1.82) is 0 Å². The van der Waals surface area contributed by atoms with E-state index in [0.717, 1.165) is 32.1 Å². The van der Waals surface area contributed by atoms with E-state index in [1.807, 2.05) is 12.1 Å². The number of aromatic nitrogens is 1. The summed E-state index contributed by atoms with van der Waals surface area (Å²) in [5, 5.41) is 3.85. The Hall–Kier alpha value is -0.840. The molecular formula is C11H16ClN3O. The van der Waals surface area contributed by atoms with Crippen LogP contribution in [0.2, 0.25) is 5.02 Å². The van der Waals surface area contributed by atoms with Crippen LogP contribution in [0.15, 0.2) is 18.3 Å². The van der Waals surface area contributed by atoms with Crippen molar-refractivity contribution in [3.05, 3.63) is 23.4 Å². The van der Waals surface area contributed by atoms with E-state index in [1.54, 1.807) is 6.20 Å². The lowest BCUT2D eigenvalue weighted by Crippen LogP contribution is -2.43. The minimum atomic E-state index is 0.205. The summed E-state index contributed by atoms with van der Waals surface area (Å²) in [5.74, 6) is 0.723. The Kier molecular flexibility index (Phi) is 3.98. The second-order valence-corrected chi connectivity index (χ2v) is 4.38. The molecule has 1 aliphatic rings. The molecule has 0 amide bonds. The summed E-state index contributed by atoms with van der Waals surface area (Å²) in [6.45, 7) is 3.47. The number of rotatable bonds is 3. The zero-order chi connectivity index (χ0) is 11.4. The molecule has 0 bridgehead atoms. The molecule has 0 aliphatic carbocycles. The first-order valence-corrected chi connectivity index (χ1v) is 5.78. The lowest BCUT2D eigenvalue weighted by Gasteiger charge is -2.30. The van der Waals surface area contributed by atoms with Crippen LogP contribution < -0.4 is 5.32 Å². The van der Waals surface area contributed by atoms with Crippen LogP contribution in [0.1, 0.15) is 0 Å². The first-order valence-electron chi connectivity index (χ1n) is 5.40. The van der Waals surface area contributed by atoms with Gasteiger partial charge in [-0.25, -0.2) is 4.98 Å². The second-order valence-electron chi connectivity index (χ2n) is 3.97. The molecule has 2 rings (SSSR count). The highest BCUT2D eigenvalue weighted by Gasteiger charge is 2.17. The van der Waals surface area contributed by atoms with Crippen molar-refractivity contribution in [2.75, 3.05) is 38.6 Å². The van der Waals surface area contributed by atoms with Crippen LogP contribution in [-0.4, -0.2) is 49.3 Å². The topological polar surface area (TPSA) is 37.4 Å². The number of hydrogen-bond donors (Lipinski definition) is 1. The van der Waals surface area contributed by atoms with E-state index < -0.39 is 0 Å². The van der Waals surface area contributed by atoms with Crippen LogP contribution in [-0.2, 0) is 4.74 Å². The Bertz CT molecular complexity index is 348. The molecular weight excluding hydrogens is 226 g/mol. The van der Waals surface area contributed by atoms with Gasteiger partial charge in [0.05, 0.1) is 17.7 Å². The summed E-state index contributed by atoms with van der Waals surface area (Å²) in [6, 6.07) is 3.64. The molecule has 0 spiro atoms. The molecule has 88 valence electrons. The van der Waals surface area contributed by atoms with Crippen molar-refractivity contribution in [2.24, 2.45) is 0 Å². The largest absolute Gasteiger partial charge is 0.374 e. The standard InChI is InChI=1S/C11H16ClN3O/c1-15-5-6-16-9(8-15)7-14-11-10(12)3-2-4-13-11/h2-4,9H,5-8H2,1H3,(H,13,14). The summed E-state index contributed by atoms with van der Waals surface area (Å²) in [7, 11) is 2.10. The third-order valence-corrected chi connectivity index (χ3v) is 2.90. The van der Waals surface area contributed by atoms with Gasteiger partial charge in [0.15, 0.2) is 0 Å². The van der Waals surface area contributed by atoms with Crippen molar-refractivity contribution in [1.82, 2.24) is 9.88 Å². The summed E-state index contributed by atoms with van der Waals surface area (Å²) in [4.78, 5) is 6.43. The van der Waals surface area contributed by atoms with Crippen LogP contribution in [0.4, 0.5) is 5.82 Å². The summed E-state index contributed by atoms with van der Waals surface area (Å²) >= 11 is 5.99. The van der Waals surface area contributed by atoms with Crippen LogP contribution in [0.5, 0.6) is 0 Å². The van der Waals surface area contributed by atoms with Crippen molar-refractivity contribution < 1.29 is 4.74 Å². The van der Waals surface area contributed by atoms with Crippen molar-refractivity contribution in [2.45, 2.75) is 6.10 Å². The molecule has 1 aliphatic heterocycles. The second kappa shape index (κ2) is 5.48. The first kappa shape index (κ1) is 11.6. The predicted octanol–water partition coefficient (Wildman–Crippen LogP) is 1.48. The maximum atomic E-state index is 5.99. The van der Waals surface area contributed by atoms with Gasteiger partial charge >= 0.3 is 0 Å². The van der Waals surface area contributed by atoms with Crippen LogP contribution in [0.25, 0.3) is 0 Å². The van der Waals surface area contributed by atoms with Gasteiger partial charge in [-0.1, -0.05) is 11.6 Å². The highest BCUT2D eigenvalue weighted by molar-refractivity contribution is 6.32. The number of nitrogens with one attached hydrogen (secondary N) is 1. The van der Waals surface area contributed by atoms with E-state index in [-0.39, 0.29) is 6.10 Å². The fraction of sp³-hybridized carbons (Fsp3) is 0.545. The van der Waals surface area contributed by atoms with E-state index in [9.17, 15) is 0 Å². The van der Waals surface area contributed by atoms with Crippen molar-refractivity contribution in [3.8, 4) is 0 Å². The Morgan fingerprint density at radius 1 is 1.69 bits per heavy atom.